The van der Waals surface area contributed by atoms with Crippen LogP contribution in [0.3, 0.4) is 0 Å². The van der Waals surface area contributed by atoms with Gasteiger partial charge < -0.3 is 15.0 Å². The van der Waals surface area contributed by atoms with Crippen LogP contribution in [0.2, 0.25) is 0 Å². The second-order valence-electron chi connectivity index (χ2n) is 5.34. The molecule has 0 bridgehead atoms. The lowest BCUT2D eigenvalue weighted by molar-refractivity contribution is -0.00172. The number of halogens is 1. The molecule has 1 aromatic heterocycles. The van der Waals surface area contributed by atoms with Crippen molar-refractivity contribution >= 4 is 11.7 Å². The first kappa shape index (κ1) is 15.7. The Bertz CT molecular complexity index is 510. The van der Waals surface area contributed by atoms with Gasteiger partial charge in [0.1, 0.15) is 0 Å². The largest absolute Gasteiger partial charge is 0.379 e. The van der Waals surface area contributed by atoms with E-state index in [9.17, 15) is 9.18 Å². The number of likely N-dealkylation sites (tertiary alicyclic amines) is 1. The summed E-state index contributed by atoms with van der Waals surface area (Å²) in [5.41, 5.74) is 0.0605. The standard InChI is InChI=1S/C15H22FN3O2/c1-4-17-14-13(16)11(5-7-18-14)15(20)19-8-6-10(2)12(9-19)21-3/h5,7,10,12H,4,6,8-9H2,1-3H3,(H,17,18). The first-order valence-corrected chi connectivity index (χ1v) is 7.28. The van der Waals surface area contributed by atoms with Crippen molar-refractivity contribution < 1.29 is 13.9 Å². The Balaban J connectivity index is 2.18. The van der Waals surface area contributed by atoms with E-state index in [1.165, 1.54) is 12.3 Å². The molecule has 21 heavy (non-hydrogen) atoms. The quantitative estimate of drug-likeness (QED) is 0.925. The van der Waals surface area contributed by atoms with Crippen molar-refractivity contribution in [3.05, 3.63) is 23.6 Å². The number of methoxy groups -OCH3 is 1. The predicted molar refractivity (Wildman–Crippen MR) is 78.8 cm³/mol. The number of rotatable bonds is 4. The van der Waals surface area contributed by atoms with Gasteiger partial charge in [0.15, 0.2) is 11.6 Å². The Labute approximate surface area is 124 Å². The number of carbonyl (C=O) groups is 1. The molecule has 0 aromatic carbocycles. The van der Waals surface area contributed by atoms with Gasteiger partial charge in [0.05, 0.1) is 11.7 Å². The van der Waals surface area contributed by atoms with Crippen molar-refractivity contribution in [1.29, 1.82) is 0 Å². The summed E-state index contributed by atoms with van der Waals surface area (Å²) in [6.07, 6.45) is 2.31. The molecule has 1 saturated heterocycles. The Morgan fingerprint density at radius 3 is 3.05 bits per heavy atom. The second-order valence-corrected chi connectivity index (χ2v) is 5.34. The molecule has 2 atom stereocenters. The zero-order valence-electron chi connectivity index (χ0n) is 12.7. The number of piperidine rings is 1. The molecule has 2 heterocycles. The van der Waals surface area contributed by atoms with Gasteiger partial charge in [-0.15, -0.1) is 0 Å². The number of ether oxygens (including phenoxy) is 1. The maximum atomic E-state index is 14.3. The van der Waals surface area contributed by atoms with Crippen LogP contribution in [0.15, 0.2) is 12.3 Å². The highest BCUT2D eigenvalue weighted by molar-refractivity contribution is 5.95. The first-order chi connectivity index (χ1) is 10.1. The number of aromatic nitrogens is 1. The van der Waals surface area contributed by atoms with Crippen molar-refractivity contribution in [1.82, 2.24) is 9.88 Å². The molecule has 1 aliphatic rings. The van der Waals surface area contributed by atoms with Crippen molar-refractivity contribution in [2.75, 3.05) is 32.1 Å². The third kappa shape index (κ3) is 3.32. The molecular formula is C15H22FN3O2. The van der Waals surface area contributed by atoms with Crippen LogP contribution < -0.4 is 5.32 Å². The second kappa shape index (κ2) is 6.85. The molecule has 0 radical (unpaired) electrons. The van der Waals surface area contributed by atoms with Gasteiger partial charge in [-0.05, 0) is 25.3 Å². The highest BCUT2D eigenvalue weighted by Crippen LogP contribution is 2.23. The van der Waals surface area contributed by atoms with Crippen LogP contribution in [0.25, 0.3) is 0 Å². The summed E-state index contributed by atoms with van der Waals surface area (Å²) in [6.45, 7) is 5.62. The maximum absolute atomic E-state index is 14.3. The Morgan fingerprint density at radius 2 is 2.38 bits per heavy atom. The normalized spacial score (nSPS) is 22.2. The van der Waals surface area contributed by atoms with Crippen LogP contribution in [0.1, 0.15) is 30.6 Å². The lowest BCUT2D eigenvalue weighted by atomic mass is 9.95. The van der Waals surface area contributed by atoms with Gasteiger partial charge in [0, 0.05) is 32.9 Å². The molecular weight excluding hydrogens is 273 g/mol. The number of pyridine rings is 1. The van der Waals surface area contributed by atoms with Gasteiger partial charge in [-0.25, -0.2) is 9.37 Å². The van der Waals surface area contributed by atoms with E-state index in [2.05, 4.69) is 17.2 Å². The Morgan fingerprint density at radius 1 is 1.62 bits per heavy atom. The van der Waals surface area contributed by atoms with E-state index in [4.69, 9.17) is 4.74 Å². The number of hydrogen-bond donors (Lipinski definition) is 1. The summed E-state index contributed by atoms with van der Waals surface area (Å²) in [6, 6.07) is 1.43. The molecule has 6 heteroatoms. The van der Waals surface area contributed by atoms with E-state index in [0.29, 0.717) is 25.6 Å². The lowest BCUT2D eigenvalue weighted by Crippen LogP contribution is -2.46. The molecule has 0 aliphatic carbocycles. The zero-order chi connectivity index (χ0) is 15.4. The van der Waals surface area contributed by atoms with Gasteiger partial charge in [-0.1, -0.05) is 6.92 Å². The molecule has 5 nitrogen and oxygen atoms in total. The fourth-order valence-electron chi connectivity index (χ4n) is 2.60. The molecule has 116 valence electrons. The van der Waals surface area contributed by atoms with Crippen LogP contribution in [0.4, 0.5) is 10.2 Å². The summed E-state index contributed by atoms with van der Waals surface area (Å²) in [4.78, 5) is 18.1. The molecule has 1 amide bonds. The van der Waals surface area contributed by atoms with Gasteiger partial charge in [0.25, 0.3) is 5.91 Å². The molecule has 1 aliphatic heterocycles. The average Bonchev–Trinajstić information content (AvgIpc) is 2.49. The topological polar surface area (TPSA) is 54.5 Å². The Kier molecular flexibility index (Phi) is 5.12. The molecule has 0 spiro atoms. The summed E-state index contributed by atoms with van der Waals surface area (Å²) in [5, 5.41) is 2.82. The highest BCUT2D eigenvalue weighted by Gasteiger charge is 2.30. The molecule has 1 N–H and O–H groups in total. The summed E-state index contributed by atoms with van der Waals surface area (Å²) in [5.74, 6) is -0.365. The monoisotopic (exact) mass is 295 g/mol. The number of nitrogens with one attached hydrogen (secondary N) is 1. The van der Waals surface area contributed by atoms with Crippen molar-refractivity contribution in [2.24, 2.45) is 5.92 Å². The lowest BCUT2D eigenvalue weighted by Gasteiger charge is -2.36. The number of anilines is 1. The number of carbonyl (C=O) groups excluding carboxylic acids is 1. The summed E-state index contributed by atoms with van der Waals surface area (Å²) < 4.78 is 19.7. The van der Waals surface area contributed by atoms with E-state index in [0.717, 1.165) is 6.42 Å². The van der Waals surface area contributed by atoms with E-state index < -0.39 is 5.82 Å². The number of hydrogen-bond acceptors (Lipinski definition) is 4. The van der Waals surface area contributed by atoms with Crippen molar-refractivity contribution in [3.8, 4) is 0 Å². The first-order valence-electron chi connectivity index (χ1n) is 7.28. The Hall–Kier alpha value is -1.69. The van der Waals surface area contributed by atoms with E-state index >= 15 is 0 Å². The summed E-state index contributed by atoms with van der Waals surface area (Å²) >= 11 is 0. The van der Waals surface area contributed by atoms with Gasteiger partial charge in [-0.3, -0.25) is 4.79 Å². The van der Waals surface area contributed by atoms with Crippen LogP contribution in [0.5, 0.6) is 0 Å². The molecule has 2 rings (SSSR count). The number of nitrogens with zero attached hydrogens (tertiary/aromatic N) is 2. The third-order valence-electron chi connectivity index (χ3n) is 3.94. The predicted octanol–water partition coefficient (Wildman–Crippen LogP) is 2.15. The molecule has 1 fully saturated rings. The van der Waals surface area contributed by atoms with E-state index in [1.54, 1.807) is 12.0 Å². The van der Waals surface area contributed by atoms with Crippen molar-refractivity contribution in [2.45, 2.75) is 26.4 Å². The van der Waals surface area contributed by atoms with Crippen molar-refractivity contribution in [3.63, 3.8) is 0 Å². The van der Waals surface area contributed by atoms with E-state index in [-0.39, 0.29) is 23.4 Å². The van der Waals surface area contributed by atoms with Gasteiger partial charge >= 0.3 is 0 Å². The number of amides is 1. The van der Waals surface area contributed by atoms with Gasteiger partial charge in [-0.2, -0.15) is 0 Å². The minimum Gasteiger partial charge on any atom is -0.379 e. The third-order valence-corrected chi connectivity index (χ3v) is 3.94. The highest BCUT2D eigenvalue weighted by atomic mass is 19.1. The minimum atomic E-state index is -0.586. The smallest absolute Gasteiger partial charge is 0.257 e. The fraction of sp³-hybridized carbons (Fsp3) is 0.600. The summed E-state index contributed by atoms with van der Waals surface area (Å²) in [7, 11) is 1.64. The zero-order valence-corrected chi connectivity index (χ0v) is 12.7. The van der Waals surface area contributed by atoms with Crippen LogP contribution in [-0.4, -0.2) is 48.6 Å². The van der Waals surface area contributed by atoms with Gasteiger partial charge in [0.2, 0.25) is 0 Å². The fourth-order valence-corrected chi connectivity index (χ4v) is 2.60. The maximum Gasteiger partial charge on any atom is 0.257 e. The SMILES string of the molecule is CCNc1nccc(C(=O)N2CCC(C)C(OC)C2)c1F. The molecule has 1 aromatic rings. The van der Waals surface area contributed by atoms with Crippen LogP contribution in [0, 0.1) is 11.7 Å². The average molecular weight is 295 g/mol. The van der Waals surface area contributed by atoms with Crippen LogP contribution in [-0.2, 0) is 4.74 Å². The molecule has 2 unspecified atom stereocenters. The van der Waals surface area contributed by atoms with Crippen LogP contribution >= 0.6 is 0 Å². The van der Waals surface area contributed by atoms with E-state index in [1.807, 2.05) is 6.92 Å². The minimum absolute atomic E-state index is 0.000774. The molecule has 0 saturated carbocycles.